The first-order chi connectivity index (χ1) is 8.51. The fraction of sp³-hybridized carbons (Fsp3) is 0.700. The van der Waals surface area contributed by atoms with Gasteiger partial charge in [0.15, 0.2) is 6.04 Å². The van der Waals surface area contributed by atoms with Crippen molar-refractivity contribution in [2.24, 2.45) is 0 Å². The number of aliphatic hydroxyl groups is 1. The maximum absolute atomic E-state index is 11.8. The molecule has 0 spiro atoms. The van der Waals surface area contributed by atoms with Gasteiger partial charge in [0.05, 0.1) is 6.61 Å². The fourth-order valence-corrected chi connectivity index (χ4v) is 1.87. The molecule has 1 rings (SSSR count). The first-order valence-corrected chi connectivity index (χ1v) is 5.63. The minimum atomic E-state index is -1.36. The highest BCUT2D eigenvalue weighted by atomic mass is 16.4. The first-order valence-electron chi connectivity index (χ1n) is 5.63. The summed E-state index contributed by atoms with van der Waals surface area (Å²) in [5, 5.41) is 22.2. The lowest BCUT2D eigenvalue weighted by atomic mass is 10.2. The van der Waals surface area contributed by atoms with Crippen LogP contribution in [0.2, 0.25) is 0 Å². The molecule has 1 aliphatic heterocycles. The van der Waals surface area contributed by atoms with Gasteiger partial charge in [0.25, 0.3) is 0 Å². The number of nitrogens with one attached hydrogen (secondary N) is 2. The van der Waals surface area contributed by atoms with Gasteiger partial charge in [-0.3, -0.25) is 4.79 Å². The molecule has 0 aromatic heterocycles. The summed E-state index contributed by atoms with van der Waals surface area (Å²) >= 11 is 0. The van der Waals surface area contributed by atoms with Crippen LogP contribution in [0.1, 0.15) is 12.8 Å². The Morgan fingerprint density at radius 2 is 2.11 bits per heavy atom. The van der Waals surface area contributed by atoms with Crippen molar-refractivity contribution in [3.8, 4) is 0 Å². The third-order valence-electron chi connectivity index (χ3n) is 2.84. The average Bonchev–Trinajstić information content (AvgIpc) is 2.83. The molecule has 1 unspecified atom stereocenters. The maximum atomic E-state index is 11.8. The van der Waals surface area contributed by atoms with Crippen molar-refractivity contribution in [1.29, 1.82) is 0 Å². The van der Waals surface area contributed by atoms with Gasteiger partial charge in [0, 0.05) is 13.6 Å². The van der Waals surface area contributed by atoms with Crippen LogP contribution in [0.3, 0.4) is 0 Å². The molecule has 0 aromatic rings. The van der Waals surface area contributed by atoms with Crippen molar-refractivity contribution in [2.75, 3.05) is 20.2 Å². The number of amides is 3. The highest BCUT2D eigenvalue weighted by molar-refractivity contribution is 5.89. The molecule has 18 heavy (non-hydrogen) atoms. The number of likely N-dealkylation sites (N-methyl/N-ethyl adjacent to an activating group) is 1. The highest BCUT2D eigenvalue weighted by Gasteiger charge is 2.34. The SMILES string of the molecule is CNC(=O)C1CCCN1C(=O)N[C@H](CO)C(=O)O. The summed E-state index contributed by atoms with van der Waals surface area (Å²) in [6.07, 6.45) is 1.23. The van der Waals surface area contributed by atoms with Crippen molar-refractivity contribution < 1.29 is 24.6 Å². The van der Waals surface area contributed by atoms with Gasteiger partial charge in [0.1, 0.15) is 6.04 Å². The van der Waals surface area contributed by atoms with Gasteiger partial charge >= 0.3 is 12.0 Å². The molecule has 2 atom stereocenters. The van der Waals surface area contributed by atoms with E-state index in [4.69, 9.17) is 10.2 Å². The normalized spacial score (nSPS) is 20.3. The van der Waals surface area contributed by atoms with E-state index in [0.717, 1.165) is 0 Å². The molecular formula is C10H17N3O5. The maximum Gasteiger partial charge on any atom is 0.328 e. The molecular weight excluding hydrogens is 242 g/mol. The Labute approximate surface area is 104 Å². The van der Waals surface area contributed by atoms with E-state index in [0.29, 0.717) is 19.4 Å². The smallest absolute Gasteiger partial charge is 0.328 e. The Bertz CT molecular complexity index is 346. The molecule has 1 fully saturated rings. The molecule has 8 nitrogen and oxygen atoms in total. The second kappa shape index (κ2) is 6.20. The molecule has 3 amide bonds. The lowest BCUT2D eigenvalue weighted by molar-refractivity contribution is -0.140. The molecule has 4 N–H and O–H groups in total. The average molecular weight is 259 g/mol. The minimum absolute atomic E-state index is 0.279. The number of aliphatic carboxylic acids is 1. The van der Waals surface area contributed by atoms with E-state index < -0.39 is 30.7 Å². The molecule has 0 aromatic carbocycles. The predicted octanol–water partition coefficient (Wildman–Crippen LogP) is -1.65. The number of hydrogen-bond acceptors (Lipinski definition) is 4. The van der Waals surface area contributed by atoms with Crippen LogP contribution in [0.4, 0.5) is 4.79 Å². The Morgan fingerprint density at radius 3 is 2.61 bits per heavy atom. The third kappa shape index (κ3) is 3.10. The summed E-state index contributed by atoms with van der Waals surface area (Å²) in [5.41, 5.74) is 0. The van der Waals surface area contributed by atoms with Crippen molar-refractivity contribution >= 4 is 17.9 Å². The highest BCUT2D eigenvalue weighted by Crippen LogP contribution is 2.17. The number of carbonyl (C=O) groups excluding carboxylic acids is 2. The van der Waals surface area contributed by atoms with Crippen LogP contribution in [0, 0.1) is 0 Å². The first kappa shape index (κ1) is 14.2. The van der Waals surface area contributed by atoms with Crippen molar-refractivity contribution in [2.45, 2.75) is 24.9 Å². The quantitative estimate of drug-likeness (QED) is 0.482. The second-order valence-electron chi connectivity index (χ2n) is 3.99. The molecule has 0 aliphatic carbocycles. The molecule has 1 aliphatic rings. The van der Waals surface area contributed by atoms with E-state index in [-0.39, 0.29) is 5.91 Å². The van der Waals surface area contributed by atoms with Gasteiger partial charge in [-0.15, -0.1) is 0 Å². The topological polar surface area (TPSA) is 119 Å². The number of rotatable bonds is 4. The Kier molecular flexibility index (Phi) is 4.90. The molecule has 8 heteroatoms. The van der Waals surface area contributed by atoms with Gasteiger partial charge in [-0.25, -0.2) is 9.59 Å². The van der Waals surface area contributed by atoms with E-state index in [1.807, 2.05) is 0 Å². The number of likely N-dealkylation sites (tertiary alicyclic amines) is 1. The number of hydrogen-bond donors (Lipinski definition) is 4. The number of carbonyl (C=O) groups is 3. The fourth-order valence-electron chi connectivity index (χ4n) is 1.87. The van der Waals surface area contributed by atoms with Crippen molar-refractivity contribution in [3.63, 3.8) is 0 Å². The number of urea groups is 1. The van der Waals surface area contributed by atoms with Gasteiger partial charge in [-0.1, -0.05) is 0 Å². The van der Waals surface area contributed by atoms with E-state index in [1.54, 1.807) is 0 Å². The van der Waals surface area contributed by atoms with Crippen molar-refractivity contribution in [3.05, 3.63) is 0 Å². The lowest BCUT2D eigenvalue weighted by Crippen LogP contribution is -2.53. The summed E-state index contributed by atoms with van der Waals surface area (Å²) in [5.74, 6) is -1.60. The largest absolute Gasteiger partial charge is 0.480 e. The molecule has 102 valence electrons. The van der Waals surface area contributed by atoms with Crippen LogP contribution < -0.4 is 10.6 Å². The van der Waals surface area contributed by atoms with Crippen LogP contribution in [-0.4, -0.2) is 65.3 Å². The van der Waals surface area contributed by atoms with E-state index in [9.17, 15) is 14.4 Å². The van der Waals surface area contributed by atoms with E-state index >= 15 is 0 Å². The van der Waals surface area contributed by atoms with Gasteiger partial charge in [-0.05, 0) is 12.8 Å². The Morgan fingerprint density at radius 1 is 1.44 bits per heavy atom. The summed E-state index contributed by atoms with van der Waals surface area (Å²) in [7, 11) is 1.48. The zero-order valence-corrected chi connectivity index (χ0v) is 10.0. The van der Waals surface area contributed by atoms with Gasteiger partial charge in [-0.2, -0.15) is 0 Å². The molecule has 0 bridgehead atoms. The second-order valence-corrected chi connectivity index (χ2v) is 3.99. The van der Waals surface area contributed by atoms with Crippen molar-refractivity contribution in [1.82, 2.24) is 15.5 Å². The van der Waals surface area contributed by atoms with Crippen LogP contribution >= 0.6 is 0 Å². The van der Waals surface area contributed by atoms with Gasteiger partial charge < -0.3 is 25.7 Å². The summed E-state index contributed by atoms with van der Waals surface area (Å²) in [4.78, 5) is 35.3. The van der Waals surface area contributed by atoms with Crippen LogP contribution in [0.15, 0.2) is 0 Å². The monoisotopic (exact) mass is 259 g/mol. The molecule has 0 saturated carbocycles. The van der Waals surface area contributed by atoms with Crippen LogP contribution in [0.25, 0.3) is 0 Å². The predicted molar refractivity (Wildman–Crippen MR) is 60.8 cm³/mol. The summed E-state index contributed by atoms with van der Waals surface area (Å²) in [6, 6.07) is -2.59. The molecule has 0 radical (unpaired) electrons. The number of carboxylic acid groups (broad SMARTS) is 1. The Hall–Kier alpha value is -1.83. The van der Waals surface area contributed by atoms with Crippen LogP contribution in [0.5, 0.6) is 0 Å². The standard InChI is InChI=1S/C10H17N3O5/c1-11-8(15)7-3-2-4-13(7)10(18)12-6(5-14)9(16)17/h6-7,14H,2-5H2,1H3,(H,11,15)(H,12,18)(H,16,17)/t6-,7?/m1/s1. The zero-order valence-electron chi connectivity index (χ0n) is 10.0. The number of nitrogens with zero attached hydrogens (tertiary/aromatic N) is 1. The van der Waals surface area contributed by atoms with E-state index in [1.165, 1.54) is 11.9 Å². The summed E-state index contributed by atoms with van der Waals surface area (Å²) in [6.45, 7) is -0.304. The van der Waals surface area contributed by atoms with Crippen LogP contribution in [-0.2, 0) is 9.59 Å². The van der Waals surface area contributed by atoms with Gasteiger partial charge in [0.2, 0.25) is 5.91 Å². The number of carboxylic acids is 1. The minimum Gasteiger partial charge on any atom is -0.480 e. The number of aliphatic hydroxyl groups excluding tert-OH is 1. The summed E-state index contributed by atoms with van der Waals surface area (Å²) < 4.78 is 0. The van der Waals surface area contributed by atoms with E-state index in [2.05, 4.69) is 10.6 Å². The third-order valence-corrected chi connectivity index (χ3v) is 2.84. The molecule has 1 saturated heterocycles. The Balaban J connectivity index is 2.65. The lowest BCUT2D eigenvalue weighted by Gasteiger charge is -2.25. The molecule has 1 heterocycles. The zero-order chi connectivity index (χ0) is 13.7.